The maximum absolute atomic E-state index is 3.95. The Hall–Kier alpha value is -0.780. The van der Waals surface area contributed by atoms with Crippen LogP contribution in [0.15, 0.2) is 38.0 Å². The molecule has 24 heavy (non-hydrogen) atoms. The van der Waals surface area contributed by atoms with E-state index in [2.05, 4.69) is 65.7 Å². The summed E-state index contributed by atoms with van der Waals surface area (Å²) in [4.78, 5) is 0. The molecule has 0 radical (unpaired) electrons. The Morgan fingerprint density at radius 1 is 0.667 bits per heavy atom. The average Bonchev–Trinajstić information content (AvgIpc) is 2.50. The van der Waals surface area contributed by atoms with Crippen molar-refractivity contribution in [2.45, 2.75) is 98.3 Å². The van der Waals surface area contributed by atoms with Gasteiger partial charge in [0.15, 0.2) is 0 Å². The minimum atomic E-state index is 0.326. The van der Waals surface area contributed by atoms with Crippen LogP contribution in [0.5, 0.6) is 0 Å². The molecule has 0 aromatic carbocycles. The van der Waals surface area contributed by atoms with E-state index in [9.17, 15) is 0 Å². The number of hydrogen-bond donors (Lipinski definition) is 0. The first-order valence-electron chi connectivity index (χ1n) is 10.2. The smallest absolute Gasteiger partial charge is 0.0194 e. The Bertz CT molecular complexity index is 319. The van der Waals surface area contributed by atoms with Gasteiger partial charge < -0.3 is 0 Å². The second kappa shape index (κ2) is 12.6. The highest BCUT2D eigenvalue weighted by Gasteiger charge is 2.25. The Morgan fingerprint density at radius 2 is 1.04 bits per heavy atom. The van der Waals surface area contributed by atoms with Gasteiger partial charge in [-0.25, -0.2) is 0 Å². The minimum absolute atomic E-state index is 0.326. The Labute approximate surface area is 153 Å². The quantitative estimate of drug-likeness (QED) is 0.196. The molecule has 0 N–H and O–H groups in total. The molecule has 0 unspecified atom stereocenters. The zero-order valence-electron chi connectivity index (χ0n) is 17.2. The van der Waals surface area contributed by atoms with Crippen molar-refractivity contribution in [2.75, 3.05) is 0 Å². The number of rotatable bonds is 16. The normalized spacial score (nSPS) is 12.4. The lowest BCUT2D eigenvalue weighted by atomic mass is 9.74. The fourth-order valence-electron chi connectivity index (χ4n) is 3.55. The average molecular weight is 333 g/mol. The van der Waals surface area contributed by atoms with E-state index in [1.165, 1.54) is 51.4 Å². The largest absolute Gasteiger partial charge is 0.103 e. The summed E-state index contributed by atoms with van der Waals surface area (Å²) in [5.41, 5.74) is 0.826. The summed E-state index contributed by atoms with van der Waals surface area (Å²) < 4.78 is 0. The van der Waals surface area contributed by atoms with E-state index in [1.807, 2.05) is 0 Å². The maximum Gasteiger partial charge on any atom is -0.0194 e. The van der Waals surface area contributed by atoms with E-state index in [-0.39, 0.29) is 0 Å². The molecule has 0 rings (SSSR count). The van der Waals surface area contributed by atoms with Crippen LogP contribution in [0.1, 0.15) is 98.3 Å². The van der Waals surface area contributed by atoms with Gasteiger partial charge in [-0.15, -0.1) is 19.7 Å². The summed E-state index contributed by atoms with van der Waals surface area (Å²) in [5, 5.41) is 0. The first-order chi connectivity index (χ1) is 11.3. The van der Waals surface area contributed by atoms with E-state index >= 15 is 0 Å². The van der Waals surface area contributed by atoms with Crippen LogP contribution < -0.4 is 0 Å². The van der Waals surface area contributed by atoms with Gasteiger partial charge >= 0.3 is 0 Å². The summed E-state index contributed by atoms with van der Waals surface area (Å²) >= 11 is 0. The van der Waals surface area contributed by atoms with Gasteiger partial charge in [0.25, 0.3) is 0 Å². The summed E-state index contributed by atoms with van der Waals surface area (Å²) in [6.45, 7) is 21.4. The van der Waals surface area contributed by atoms with E-state index in [0.717, 1.165) is 25.2 Å². The second-order valence-electron chi connectivity index (χ2n) is 8.74. The molecule has 0 fully saturated rings. The highest BCUT2D eigenvalue weighted by molar-refractivity contribution is 4.95. The fraction of sp³-hybridized carbons (Fsp3) is 0.750. The molecule has 0 atom stereocenters. The van der Waals surface area contributed by atoms with Crippen molar-refractivity contribution < 1.29 is 0 Å². The Kier molecular flexibility index (Phi) is 12.2. The summed E-state index contributed by atoms with van der Waals surface area (Å²) in [5.74, 6) is 0.783. The first-order valence-corrected chi connectivity index (χ1v) is 10.2. The zero-order chi connectivity index (χ0) is 18.5. The van der Waals surface area contributed by atoms with Crippen molar-refractivity contribution in [1.29, 1.82) is 0 Å². The monoisotopic (exact) mass is 332 g/mol. The zero-order valence-corrected chi connectivity index (χ0v) is 17.2. The molecule has 0 amide bonds. The van der Waals surface area contributed by atoms with Gasteiger partial charge in [-0.05, 0) is 48.9 Å². The van der Waals surface area contributed by atoms with Gasteiger partial charge in [0.2, 0.25) is 0 Å². The van der Waals surface area contributed by atoms with Gasteiger partial charge in [-0.1, -0.05) is 84.4 Å². The number of unbranched alkanes of at least 4 members (excludes halogenated alkanes) is 5. The summed E-state index contributed by atoms with van der Waals surface area (Å²) in [6, 6.07) is 0. The van der Waals surface area contributed by atoms with Gasteiger partial charge in [0.05, 0.1) is 0 Å². The summed E-state index contributed by atoms with van der Waals surface area (Å²) in [6.07, 6.45) is 20.3. The van der Waals surface area contributed by atoms with Gasteiger partial charge in [0, 0.05) is 0 Å². The molecule has 0 nitrogen and oxygen atoms in total. The van der Waals surface area contributed by atoms with E-state index in [4.69, 9.17) is 0 Å². The van der Waals surface area contributed by atoms with E-state index in [0.29, 0.717) is 10.8 Å². The van der Waals surface area contributed by atoms with Crippen molar-refractivity contribution in [3.8, 4) is 0 Å². The topological polar surface area (TPSA) is 0 Å². The molecule has 0 aromatic rings. The molecule has 0 aliphatic heterocycles. The Morgan fingerprint density at radius 3 is 1.42 bits per heavy atom. The molecule has 0 saturated heterocycles. The molecular formula is C24H44. The van der Waals surface area contributed by atoms with E-state index in [1.54, 1.807) is 0 Å². The standard InChI is InChI=1S/C24H44/c1-8-17-24(18-9-2,19-10-3)21-16-14-12-11-13-15-20-23(6,7)22(4)5/h8-10,22H,1-3,11-21H2,4-7H3. The van der Waals surface area contributed by atoms with Crippen LogP contribution in [0.4, 0.5) is 0 Å². The molecule has 0 saturated carbocycles. The third kappa shape index (κ3) is 9.50. The van der Waals surface area contributed by atoms with Crippen LogP contribution in [0, 0.1) is 16.7 Å². The highest BCUT2D eigenvalue weighted by Crippen LogP contribution is 2.38. The number of hydrogen-bond acceptors (Lipinski definition) is 0. The van der Waals surface area contributed by atoms with Crippen LogP contribution in [-0.4, -0.2) is 0 Å². The van der Waals surface area contributed by atoms with Crippen LogP contribution in [0.25, 0.3) is 0 Å². The molecule has 0 heterocycles. The predicted octanol–water partition coefficient (Wildman–Crippen LogP) is 8.50. The van der Waals surface area contributed by atoms with Crippen LogP contribution in [0.2, 0.25) is 0 Å². The molecular weight excluding hydrogens is 288 g/mol. The van der Waals surface area contributed by atoms with Gasteiger partial charge in [0.1, 0.15) is 0 Å². The van der Waals surface area contributed by atoms with Gasteiger partial charge in [-0.3, -0.25) is 0 Å². The molecule has 140 valence electrons. The van der Waals surface area contributed by atoms with Crippen LogP contribution in [-0.2, 0) is 0 Å². The molecule has 0 bridgehead atoms. The van der Waals surface area contributed by atoms with Crippen LogP contribution in [0.3, 0.4) is 0 Å². The maximum atomic E-state index is 3.95. The van der Waals surface area contributed by atoms with Crippen molar-refractivity contribution >= 4 is 0 Å². The first kappa shape index (κ1) is 23.2. The number of allylic oxidation sites excluding steroid dienone is 3. The SMILES string of the molecule is C=CCC(CC=C)(CC=C)CCCCCCCCC(C)(C)C(C)C. The third-order valence-corrected chi connectivity index (χ3v) is 6.07. The highest BCUT2D eigenvalue weighted by atomic mass is 14.3. The third-order valence-electron chi connectivity index (χ3n) is 6.07. The molecule has 0 spiro atoms. The molecule has 0 aromatic heterocycles. The van der Waals surface area contributed by atoms with Crippen molar-refractivity contribution in [1.82, 2.24) is 0 Å². The predicted molar refractivity (Wildman–Crippen MR) is 112 cm³/mol. The van der Waals surface area contributed by atoms with Crippen LogP contribution >= 0.6 is 0 Å². The summed E-state index contributed by atoms with van der Waals surface area (Å²) in [7, 11) is 0. The second-order valence-corrected chi connectivity index (χ2v) is 8.74. The van der Waals surface area contributed by atoms with Gasteiger partial charge in [-0.2, -0.15) is 0 Å². The van der Waals surface area contributed by atoms with Crippen molar-refractivity contribution in [3.63, 3.8) is 0 Å². The minimum Gasteiger partial charge on any atom is -0.103 e. The van der Waals surface area contributed by atoms with Crippen molar-refractivity contribution in [3.05, 3.63) is 38.0 Å². The lowest BCUT2D eigenvalue weighted by molar-refractivity contribution is 0.220. The molecule has 0 heteroatoms. The lowest BCUT2D eigenvalue weighted by Crippen LogP contribution is -2.18. The lowest BCUT2D eigenvalue weighted by Gasteiger charge is -2.31. The van der Waals surface area contributed by atoms with Crippen molar-refractivity contribution in [2.24, 2.45) is 16.7 Å². The van der Waals surface area contributed by atoms with E-state index < -0.39 is 0 Å². The molecule has 0 aliphatic rings. The molecule has 0 aliphatic carbocycles. The fourth-order valence-corrected chi connectivity index (χ4v) is 3.55. The Balaban J connectivity index is 3.95.